The quantitative estimate of drug-likeness (QED) is 0.216. The molecule has 2 unspecified atom stereocenters. The number of Topliss-reactive ketones (excluding diaryl/α,β-unsaturated/α-hetero) is 1. The number of hydrogen-bond donors (Lipinski definition) is 2. The van der Waals surface area contributed by atoms with Crippen LogP contribution >= 0.6 is 0 Å². The second kappa shape index (κ2) is 11.8. The van der Waals surface area contributed by atoms with Gasteiger partial charge in [0, 0.05) is 20.0 Å². The van der Waals surface area contributed by atoms with Crippen LogP contribution in [-0.2, 0) is 23.8 Å². The van der Waals surface area contributed by atoms with Crippen LogP contribution in [0.25, 0.3) is 0 Å². The summed E-state index contributed by atoms with van der Waals surface area (Å²) in [6, 6.07) is 0. The van der Waals surface area contributed by atoms with Crippen molar-refractivity contribution in [3.63, 3.8) is 0 Å². The maximum Gasteiger partial charge on any atom is 0.302 e. The molecule has 4 fully saturated rings. The van der Waals surface area contributed by atoms with E-state index >= 15 is 0 Å². The highest BCUT2D eigenvalue weighted by Gasteiger charge is 2.72. The monoisotopic (exact) mass is 536 g/mol. The number of rotatable bonds is 11. The van der Waals surface area contributed by atoms with Crippen molar-refractivity contribution in [1.29, 1.82) is 0 Å². The number of aliphatic hydroxyl groups is 2. The van der Waals surface area contributed by atoms with Crippen molar-refractivity contribution in [2.45, 2.75) is 123 Å². The Morgan fingerprint density at radius 3 is 2.42 bits per heavy atom. The van der Waals surface area contributed by atoms with Crippen LogP contribution in [-0.4, -0.2) is 60.3 Å². The van der Waals surface area contributed by atoms with Crippen molar-refractivity contribution >= 4 is 11.8 Å². The maximum absolute atomic E-state index is 13.7. The first-order valence-electron chi connectivity index (χ1n) is 15.2. The second-order valence-electron chi connectivity index (χ2n) is 13.6. The summed E-state index contributed by atoms with van der Waals surface area (Å²) < 4.78 is 15.9. The van der Waals surface area contributed by atoms with Crippen molar-refractivity contribution in [3.05, 3.63) is 0 Å². The molecule has 0 aliphatic heterocycles. The predicted molar refractivity (Wildman–Crippen MR) is 144 cm³/mol. The Morgan fingerprint density at radius 2 is 1.71 bits per heavy atom. The van der Waals surface area contributed by atoms with Gasteiger partial charge in [-0.3, -0.25) is 9.59 Å². The Bertz CT molecular complexity index is 846. The average Bonchev–Trinajstić information content (AvgIpc) is 3.24. The van der Waals surface area contributed by atoms with E-state index in [1.54, 1.807) is 7.11 Å². The molecule has 4 saturated carbocycles. The summed E-state index contributed by atoms with van der Waals surface area (Å²) in [5.74, 6) is 0.240. The molecule has 10 atom stereocenters. The van der Waals surface area contributed by atoms with Gasteiger partial charge < -0.3 is 24.4 Å². The largest absolute Gasteiger partial charge is 0.466 e. The lowest BCUT2D eigenvalue weighted by atomic mass is 9.41. The average molecular weight is 537 g/mol. The number of aliphatic hydroxyl groups excluding tert-OH is 1. The van der Waals surface area contributed by atoms with Gasteiger partial charge in [-0.1, -0.05) is 46.5 Å². The zero-order valence-electron chi connectivity index (χ0n) is 24.4. The van der Waals surface area contributed by atoms with Crippen LogP contribution in [0.4, 0.5) is 0 Å². The number of esters is 1. The van der Waals surface area contributed by atoms with Gasteiger partial charge in [-0.05, 0) is 85.9 Å². The highest BCUT2D eigenvalue weighted by atomic mass is 16.7. The minimum atomic E-state index is -1.35. The van der Waals surface area contributed by atoms with E-state index in [2.05, 4.69) is 20.8 Å². The third-order valence-electron chi connectivity index (χ3n) is 11.6. The summed E-state index contributed by atoms with van der Waals surface area (Å²) in [5.41, 5.74) is -1.72. The molecule has 0 aromatic rings. The van der Waals surface area contributed by atoms with Crippen LogP contribution in [0.3, 0.4) is 0 Å². The Hall–Kier alpha value is -1.02. The fourth-order valence-corrected chi connectivity index (χ4v) is 9.71. The summed E-state index contributed by atoms with van der Waals surface area (Å²) in [5, 5.41) is 24.0. The normalized spacial score (nSPS) is 43.2. The Balaban J connectivity index is 1.42. The van der Waals surface area contributed by atoms with Gasteiger partial charge in [0.2, 0.25) is 0 Å². The van der Waals surface area contributed by atoms with Crippen LogP contribution in [0.1, 0.15) is 105 Å². The first-order valence-corrected chi connectivity index (χ1v) is 15.2. The van der Waals surface area contributed by atoms with Crippen molar-refractivity contribution in [3.8, 4) is 0 Å². The van der Waals surface area contributed by atoms with Crippen molar-refractivity contribution in [2.75, 3.05) is 20.5 Å². The molecule has 4 rings (SSSR count). The molecule has 7 nitrogen and oxygen atoms in total. The topological polar surface area (TPSA) is 102 Å². The third-order valence-corrected chi connectivity index (χ3v) is 11.6. The molecule has 0 amide bonds. The smallest absolute Gasteiger partial charge is 0.302 e. The van der Waals surface area contributed by atoms with Crippen molar-refractivity contribution < 1.29 is 34.0 Å². The van der Waals surface area contributed by atoms with E-state index in [0.29, 0.717) is 24.9 Å². The number of hydrogen-bond acceptors (Lipinski definition) is 7. The SMILES string of the molecule is COCO[C@H]1CC[C@]2(C)C3CC[C@]4(C)[C@@H](C(C)CCCCCCOC(C)=O)CC[C@H]4[C@@]3(O)[C@H](O)C(=O)[C@H]2C1. The molecule has 0 aromatic carbocycles. The second-order valence-corrected chi connectivity index (χ2v) is 13.6. The number of ketones is 1. The lowest BCUT2D eigenvalue weighted by molar-refractivity contribution is -0.259. The molecule has 0 aromatic heterocycles. The van der Waals surface area contributed by atoms with Gasteiger partial charge in [-0.15, -0.1) is 0 Å². The van der Waals surface area contributed by atoms with Crippen LogP contribution < -0.4 is 0 Å². The summed E-state index contributed by atoms with van der Waals surface area (Å²) >= 11 is 0. The van der Waals surface area contributed by atoms with Gasteiger partial charge in [-0.25, -0.2) is 0 Å². The standard InChI is InChI=1S/C31H52O7/c1-20(10-8-6-7-9-17-37-21(2)32)23-11-12-25-29(23,3)16-14-26-30(4)15-13-22(38-19-36-5)18-24(30)27(33)28(34)31(25,26)35/h20,22-26,28,34-35H,6-19H2,1-5H3/t20?,22-,23+,24+,25+,26?,28+,29+,30-,31-/m0/s1. The fourth-order valence-electron chi connectivity index (χ4n) is 9.71. The number of carbonyl (C=O) groups is 2. The molecule has 7 heteroatoms. The van der Waals surface area contributed by atoms with Crippen LogP contribution in [0.15, 0.2) is 0 Å². The summed E-state index contributed by atoms with van der Waals surface area (Å²) in [4.78, 5) is 24.6. The van der Waals surface area contributed by atoms with Gasteiger partial charge in [-0.2, -0.15) is 0 Å². The van der Waals surface area contributed by atoms with Gasteiger partial charge in [0.25, 0.3) is 0 Å². The summed E-state index contributed by atoms with van der Waals surface area (Å²) in [6.45, 7) is 9.06. The number of methoxy groups -OCH3 is 1. The first-order chi connectivity index (χ1) is 18.0. The molecule has 2 N–H and O–H groups in total. The van der Waals surface area contributed by atoms with Gasteiger partial charge >= 0.3 is 5.97 Å². The van der Waals surface area contributed by atoms with E-state index in [0.717, 1.165) is 70.6 Å². The predicted octanol–water partition coefficient (Wildman–Crippen LogP) is 5.05. The number of fused-ring (bicyclic) bond motifs is 5. The highest BCUT2D eigenvalue weighted by Crippen LogP contribution is 2.69. The molecule has 38 heavy (non-hydrogen) atoms. The van der Waals surface area contributed by atoms with Crippen molar-refractivity contribution in [2.24, 2.45) is 40.4 Å². The Labute approximate surface area is 229 Å². The molecule has 0 heterocycles. The van der Waals surface area contributed by atoms with E-state index < -0.39 is 11.7 Å². The van der Waals surface area contributed by atoms with Crippen LogP contribution in [0, 0.1) is 40.4 Å². The van der Waals surface area contributed by atoms with Crippen molar-refractivity contribution in [1.82, 2.24) is 0 Å². The lowest BCUT2D eigenvalue weighted by Gasteiger charge is -2.65. The number of ether oxygens (including phenoxy) is 3. The number of carbonyl (C=O) groups excluding carboxylic acids is 2. The Morgan fingerprint density at radius 1 is 1.03 bits per heavy atom. The molecule has 0 spiro atoms. The molecular formula is C31H52O7. The lowest BCUT2D eigenvalue weighted by Crippen LogP contribution is -2.73. The highest BCUT2D eigenvalue weighted by molar-refractivity contribution is 5.89. The maximum atomic E-state index is 13.7. The number of unbranched alkanes of at least 4 members (excludes halogenated alkanes) is 3. The van der Waals surface area contributed by atoms with Gasteiger partial charge in [0.15, 0.2) is 5.78 Å². The molecule has 4 aliphatic rings. The van der Waals surface area contributed by atoms with Crippen LogP contribution in [0.5, 0.6) is 0 Å². The summed E-state index contributed by atoms with van der Waals surface area (Å²) in [7, 11) is 1.60. The molecule has 0 radical (unpaired) electrons. The Kier molecular flexibility index (Phi) is 9.33. The van der Waals surface area contributed by atoms with E-state index in [9.17, 15) is 19.8 Å². The first kappa shape index (κ1) is 30.0. The van der Waals surface area contributed by atoms with Gasteiger partial charge in [0.1, 0.15) is 18.5 Å². The van der Waals surface area contributed by atoms with E-state index in [1.165, 1.54) is 6.92 Å². The van der Waals surface area contributed by atoms with E-state index in [-0.39, 0.29) is 53.2 Å². The van der Waals surface area contributed by atoms with Gasteiger partial charge in [0.05, 0.1) is 12.7 Å². The van der Waals surface area contributed by atoms with E-state index in [4.69, 9.17) is 14.2 Å². The van der Waals surface area contributed by atoms with E-state index in [1.807, 2.05) is 0 Å². The minimum Gasteiger partial charge on any atom is -0.466 e. The molecule has 0 saturated heterocycles. The third kappa shape index (κ3) is 5.22. The minimum absolute atomic E-state index is 0.0393. The summed E-state index contributed by atoms with van der Waals surface area (Å²) in [6.07, 6.45) is 10.2. The zero-order chi connectivity index (χ0) is 27.7. The molecule has 218 valence electrons. The zero-order valence-corrected chi connectivity index (χ0v) is 24.4. The fraction of sp³-hybridized carbons (Fsp3) is 0.935. The molecule has 4 aliphatic carbocycles. The van der Waals surface area contributed by atoms with Crippen LogP contribution in [0.2, 0.25) is 0 Å². The molecular weight excluding hydrogens is 484 g/mol. The molecule has 0 bridgehead atoms.